The number of benzene rings is 2. The van der Waals surface area contributed by atoms with Gasteiger partial charge in [-0.15, -0.1) is 0 Å². The zero-order valence-corrected chi connectivity index (χ0v) is 17.3. The Labute approximate surface area is 171 Å². The second-order valence-corrected chi connectivity index (χ2v) is 9.26. The number of amides is 1. The van der Waals surface area contributed by atoms with E-state index in [1.54, 1.807) is 0 Å². The fourth-order valence-electron chi connectivity index (χ4n) is 3.36. The summed E-state index contributed by atoms with van der Waals surface area (Å²) in [5.74, 6) is -0.964. The molecule has 0 aromatic heterocycles. The lowest BCUT2D eigenvalue weighted by Crippen LogP contribution is -2.35. The summed E-state index contributed by atoms with van der Waals surface area (Å²) in [6.07, 6.45) is 4.90. The van der Waals surface area contributed by atoms with Crippen molar-refractivity contribution >= 4 is 27.3 Å². The number of carbonyl (C=O) groups excluding carboxylic acids is 1. The van der Waals surface area contributed by atoms with Crippen molar-refractivity contribution in [1.29, 1.82) is 0 Å². The summed E-state index contributed by atoms with van der Waals surface area (Å²) in [5, 5.41) is 2.72. The van der Waals surface area contributed by atoms with Gasteiger partial charge < -0.3 is 10.2 Å². The molecule has 1 fully saturated rings. The number of carbonyl (C=O) groups is 1. The zero-order valence-electron chi connectivity index (χ0n) is 16.5. The SMILES string of the molecule is CN(CC(=O)Nc1ccc(N2CCCCCC2)cc1)S(=O)(=O)c1ccc(F)cc1. The van der Waals surface area contributed by atoms with Gasteiger partial charge in [-0.25, -0.2) is 12.8 Å². The molecule has 1 N–H and O–H groups in total. The van der Waals surface area contributed by atoms with Gasteiger partial charge in [0.25, 0.3) is 0 Å². The van der Waals surface area contributed by atoms with E-state index >= 15 is 0 Å². The third-order valence-electron chi connectivity index (χ3n) is 5.01. The fraction of sp³-hybridized carbons (Fsp3) is 0.381. The molecule has 1 heterocycles. The quantitative estimate of drug-likeness (QED) is 0.779. The summed E-state index contributed by atoms with van der Waals surface area (Å²) in [7, 11) is -2.55. The molecule has 1 amide bonds. The Kier molecular flexibility index (Phi) is 6.87. The van der Waals surface area contributed by atoms with Crippen LogP contribution in [0.4, 0.5) is 15.8 Å². The van der Waals surface area contributed by atoms with E-state index < -0.39 is 21.7 Å². The number of halogens is 1. The van der Waals surface area contributed by atoms with Crippen LogP contribution in [-0.2, 0) is 14.8 Å². The number of sulfonamides is 1. The van der Waals surface area contributed by atoms with Crippen LogP contribution >= 0.6 is 0 Å². The highest BCUT2D eigenvalue weighted by molar-refractivity contribution is 7.89. The molecule has 29 heavy (non-hydrogen) atoms. The molecule has 156 valence electrons. The normalized spacial score (nSPS) is 15.2. The molecule has 2 aromatic rings. The topological polar surface area (TPSA) is 69.7 Å². The maximum Gasteiger partial charge on any atom is 0.243 e. The minimum atomic E-state index is -3.87. The first-order valence-electron chi connectivity index (χ1n) is 9.73. The number of nitrogens with one attached hydrogen (secondary N) is 1. The molecule has 0 spiro atoms. The van der Waals surface area contributed by atoms with Gasteiger partial charge in [-0.2, -0.15) is 4.31 Å². The average molecular weight is 420 g/mol. The molecule has 3 rings (SSSR count). The molecule has 6 nitrogen and oxygen atoms in total. The van der Waals surface area contributed by atoms with Gasteiger partial charge >= 0.3 is 0 Å². The van der Waals surface area contributed by atoms with Crippen LogP contribution in [0.25, 0.3) is 0 Å². The molecule has 0 bridgehead atoms. The van der Waals surface area contributed by atoms with Crippen molar-refractivity contribution in [2.45, 2.75) is 30.6 Å². The van der Waals surface area contributed by atoms with Gasteiger partial charge in [-0.05, 0) is 61.4 Å². The van der Waals surface area contributed by atoms with Crippen LogP contribution < -0.4 is 10.2 Å². The summed E-state index contributed by atoms with van der Waals surface area (Å²) in [5.41, 5.74) is 1.74. The summed E-state index contributed by atoms with van der Waals surface area (Å²) >= 11 is 0. The van der Waals surface area contributed by atoms with E-state index in [1.165, 1.54) is 44.9 Å². The predicted molar refractivity (Wildman–Crippen MR) is 112 cm³/mol. The number of hydrogen-bond donors (Lipinski definition) is 1. The Morgan fingerprint density at radius 3 is 2.17 bits per heavy atom. The smallest absolute Gasteiger partial charge is 0.243 e. The Balaban J connectivity index is 1.59. The Morgan fingerprint density at radius 1 is 1.00 bits per heavy atom. The minimum absolute atomic E-state index is 0.0593. The van der Waals surface area contributed by atoms with Gasteiger partial charge in [0, 0.05) is 31.5 Å². The van der Waals surface area contributed by atoms with E-state index in [0.717, 1.165) is 35.2 Å². The van der Waals surface area contributed by atoms with Gasteiger partial charge in [0.2, 0.25) is 15.9 Å². The van der Waals surface area contributed by atoms with E-state index in [2.05, 4.69) is 10.2 Å². The lowest BCUT2D eigenvalue weighted by molar-refractivity contribution is -0.116. The standard InChI is InChI=1S/C21H26FN3O3S/c1-24(29(27,28)20-12-6-17(22)7-13-20)16-21(26)23-18-8-10-19(11-9-18)25-14-4-2-3-5-15-25/h6-13H,2-5,14-16H2,1H3,(H,23,26). The van der Waals surface area contributed by atoms with Crippen LogP contribution in [0.15, 0.2) is 53.4 Å². The predicted octanol–water partition coefficient (Wildman–Crippen LogP) is 3.47. The highest BCUT2D eigenvalue weighted by Gasteiger charge is 2.23. The number of rotatable bonds is 6. The molecule has 1 saturated heterocycles. The maximum absolute atomic E-state index is 13.0. The third-order valence-corrected chi connectivity index (χ3v) is 6.83. The Morgan fingerprint density at radius 2 is 1.59 bits per heavy atom. The van der Waals surface area contributed by atoms with Crippen molar-refractivity contribution in [3.05, 3.63) is 54.3 Å². The first-order chi connectivity index (χ1) is 13.9. The van der Waals surface area contributed by atoms with E-state index in [-0.39, 0.29) is 11.4 Å². The van der Waals surface area contributed by atoms with Crippen LogP contribution in [0, 0.1) is 5.82 Å². The molecule has 0 atom stereocenters. The van der Waals surface area contributed by atoms with Crippen molar-refractivity contribution in [3.8, 4) is 0 Å². The average Bonchev–Trinajstić information content (AvgIpc) is 2.98. The van der Waals surface area contributed by atoms with E-state index in [0.29, 0.717) is 5.69 Å². The van der Waals surface area contributed by atoms with Gasteiger partial charge in [0.1, 0.15) is 5.82 Å². The molecular weight excluding hydrogens is 393 g/mol. The number of anilines is 2. The molecule has 0 aliphatic carbocycles. The maximum atomic E-state index is 13.0. The highest BCUT2D eigenvalue weighted by Crippen LogP contribution is 2.22. The van der Waals surface area contributed by atoms with Gasteiger partial charge in [0.15, 0.2) is 0 Å². The number of nitrogens with zero attached hydrogens (tertiary/aromatic N) is 2. The monoisotopic (exact) mass is 419 g/mol. The third kappa shape index (κ3) is 5.55. The van der Waals surface area contributed by atoms with Crippen molar-refractivity contribution in [1.82, 2.24) is 4.31 Å². The second kappa shape index (κ2) is 9.37. The molecule has 8 heteroatoms. The van der Waals surface area contributed by atoms with Crippen LogP contribution in [0.2, 0.25) is 0 Å². The summed E-state index contributed by atoms with van der Waals surface area (Å²) < 4.78 is 39.0. The van der Waals surface area contributed by atoms with Crippen LogP contribution in [0.3, 0.4) is 0 Å². The first-order valence-corrected chi connectivity index (χ1v) is 11.2. The second-order valence-electron chi connectivity index (χ2n) is 7.21. The fourth-order valence-corrected chi connectivity index (χ4v) is 4.49. The first kappa shape index (κ1) is 21.3. The Bertz CT molecular complexity index is 923. The highest BCUT2D eigenvalue weighted by atomic mass is 32.2. The van der Waals surface area contributed by atoms with Crippen molar-refractivity contribution in [2.75, 3.05) is 36.9 Å². The lowest BCUT2D eigenvalue weighted by atomic mass is 10.2. The number of likely N-dealkylation sites (N-methyl/N-ethyl adjacent to an activating group) is 1. The summed E-state index contributed by atoms with van der Waals surface area (Å²) in [4.78, 5) is 14.6. The van der Waals surface area contributed by atoms with Gasteiger partial charge in [0.05, 0.1) is 11.4 Å². The Hall–Kier alpha value is -2.45. The van der Waals surface area contributed by atoms with E-state index in [1.807, 2.05) is 24.3 Å². The van der Waals surface area contributed by atoms with Crippen LogP contribution in [0.5, 0.6) is 0 Å². The lowest BCUT2D eigenvalue weighted by Gasteiger charge is -2.23. The molecule has 0 unspecified atom stereocenters. The molecule has 1 aliphatic heterocycles. The van der Waals surface area contributed by atoms with E-state index in [9.17, 15) is 17.6 Å². The summed E-state index contributed by atoms with van der Waals surface area (Å²) in [6, 6.07) is 12.1. The number of hydrogen-bond acceptors (Lipinski definition) is 4. The molecule has 1 aliphatic rings. The summed E-state index contributed by atoms with van der Waals surface area (Å²) in [6.45, 7) is 1.74. The largest absolute Gasteiger partial charge is 0.372 e. The van der Waals surface area contributed by atoms with Crippen LogP contribution in [0.1, 0.15) is 25.7 Å². The molecule has 0 saturated carbocycles. The van der Waals surface area contributed by atoms with Crippen molar-refractivity contribution < 1.29 is 17.6 Å². The van der Waals surface area contributed by atoms with Crippen molar-refractivity contribution in [2.24, 2.45) is 0 Å². The molecule has 0 radical (unpaired) electrons. The van der Waals surface area contributed by atoms with Gasteiger partial charge in [-0.1, -0.05) is 12.8 Å². The van der Waals surface area contributed by atoms with E-state index in [4.69, 9.17) is 0 Å². The molecular formula is C21H26FN3O3S. The zero-order chi connectivity index (χ0) is 20.9. The van der Waals surface area contributed by atoms with Crippen molar-refractivity contribution in [3.63, 3.8) is 0 Å². The molecule has 2 aromatic carbocycles. The van der Waals surface area contributed by atoms with Gasteiger partial charge in [-0.3, -0.25) is 4.79 Å². The minimum Gasteiger partial charge on any atom is -0.372 e. The van der Waals surface area contributed by atoms with Crippen LogP contribution in [-0.4, -0.2) is 45.3 Å².